The molecule has 1 fully saturated rings. The Labute approximate surface area is 134 Å². The van der Waals surface area contributed by atoms with E-state index in [1.807, 2.05) is 6.07 Å². The third-order valence-electron chi connectivity index (χ3n) is 4.17. The number of aliphatic imine (C=N–C) groups is 1. The number of carboxylic acid groups (broad SMARTS) is 1. The molecular formula is C15H19N3O3S. The van der Waals surface area contributed by atoms with E-state index in [2.05, 4.69) is 39.6 Å². The number of pyridine rings is 1. The van der Waals surface area contributed by atoms with Gasteiger partial charge in [0.25, 0.3) is 0 Å². The molecule has 1 aromatic heterocycles. The molecule has 1 aromatic rings. The molecule has 1 aliphatic rings. The number of isothiocyanates is 1. The second-order valence-electron chi connectivity index (χ2n) is 5.54. The summed E-state index contributed by atoms with van der Waals surface area (Å²) in [5.74, 6) is 0.390. The number of ether oxygens (including phenoxy) is 1. The Morgan fingerprint density at radius 1 is 1.59 bits per heavy atom. The Balaban J connectivity index is 2.29. The van der Waals surface area contributed by atoms with E-state index in [4.69, 9.17) is 9.84 Å². The fourth-order valence-electron chi connectivity index (χ4n) is 3.35. The lowest BCUT2D eigenvalue weighted by Crippen LogP contribution is -2.50. The highest BCUT2D eigenvalue weighted by Crippen LogP contribution is 2.40. The summed E-state index contributed by atoms with van der Waals surface area (Å²) >= 11 is 4.68. The largest absolute Gasteiger partial charge is 0.465 e. The van der Waals surface area contributed by atoms with Gasteiger partial charge < -0.3 is 15.2 Å². The normalized spacial score (nSPS) is 27.7. The van der Waals surface area contributed by atoms with Crippen molar-refractivity contribution in [3.8, 4) is 0 Å². The summed E-state index contributed by atoms with van der Waals surface area (Å²) in [6.07, 6.45) is 3.74. The Kier molecular flexibility index (Phi) is 5.60. The van der Waals surface area contributed by atoms with Crippen molar-refractivity contribution in [2.45, 2.75) is 37.8 Å². The van der Waals surface area contributed by atoms with E-state index in [9.17, 15) is 4.79 Å². The maximum absolute atomic E-state index is 11.0. The number of amides is 1. The maximum Gasteiger partial charge on any atom is 0.404 e. The number of methoxy groups -OCH3 is 1. The molecule has 7 heteroatoms. The molecule has 0 unspecified atom stereocenters. The Morgan fingerprint density at radius 2 is 2.36 bits per heavy atom. The van der Waals surface area contributed by atoms with Gasteiger partial charge in [0.1, 0.15) is 0 Å². The molecular weight excluding hydrogens is 302 g/mol. The lowest BCUT2D eigenvalue weighted by molar-refractivity contribution is -0.000248. The lowest BCUT2D eigenvalue weighted by Gasteiger charge is -2.39. The predicted octanol–water partition coefficient (Wildman–Crippen LogP) is 2.98. The molecule has 1 heterocycles. The average molecular weight is 321 g/mol. The number of hydrogen-bond acceptors (Lipinski definition) is 5. The first-order chi connectivity index (χ1) is 10.6. The minimum Gasteiger partial charge on any atom is -0.465 e. The zero-order chi connectivity index (χ0) is 16.1. The van der Waals surface area contributed by atoms with E-state index in [0.717, 1.165) is 12.0 Å². The van der Waals surface area contributed by atoms with E-state index >= 15 is 0 Å². The Hall–Kier alpha value is -1.82. The van der Waals surface area contributed by atoms with Crippen molar-refractivity contribution in [1.29, 1.82) is 0 Å². The van der Waals surface area contributed by atoms with Crippen molar-refractivity contribution in [3.63, 3.8) is 0 Å². The molecule has 118 valence electrons. The summed E-state index contributed by atoms with van der Waals surface area (Å²) < 4.78 is 5.49. The second kappa shape index (κ2) is 7.45. The zero-order valence-electron chi connectivity index (χ0n) is 12.5. The number of rotatable bonds is 4. The topological polar surface area (TPSA) is 83.8 Å². The molecule has 1 aliphatic carbocycles. The molecule has 0 aliphatic heterocycles. The van der Waals surface area contributed by atoms with E-state index < -0.39 is 6.09 Å². The van der Waals surface area contributed by atoms with Crippen LogP contribution in [0.1, 0.15) is 31.2 Å². The van der Waals surface area contributed by atoms with Crippen LogP contribution in [0.2, 0.25) is 0 Å². The van der Waals surface area contributed by atoms with Crippen LogP contribution in [0.15, 0.2) is 23.5 Å². The summed E-state index contributed by atoms with van der Waals surface area (Å²) in [5, 5.41) is 14.0. The molecule has 1 saturated carbocycles. The first kappa shape index (κ1) is 16.5. The summed E-state index contributed by atoms with van der Waals surface area (Å²) in [5.41, 5.74) is 1.71. The molecule has 0 radical (unpaired) electrons. The molecule has 2 rings (SSSR count). The van der Waals surface area contributed by atoms with Gasteiger partial charge in [-0.1, -0.05) is 6.92 Å². The van der Waals surface area contributed by atoms with Crippen LogP contribution in [-0.4, -0.2) is 40.6 Å². The highest BCUT2D eigenvalue weighted by molar-refractivity contribution is 7.78. The van der Waals surface area contributed by atoms with Gasteiger partial charge in [0.15, 0.2) is 0 Å². The molecule has 6 nitrogen and oxygen atoms in total. The van der Waals surface area contributed by atoms with Crippen molar-refractivity contribution in [1.82, 2.24) is 10.3 Å². The lowest BCUT2D eigenvalue weighted by atomic mass is 9.74. The van der Waals surface area contributed by atoms with Gasteiger partial charge in [-0.3, -0.25) is 4.98 Å². The zero-order valence-corrected chi connectivity index (χ0v) is 13.3. The van der Waals surface area contributed by atoms with Gasteiger partial charge in [-0.2, -0.15) is 4.99 Å². The first-order valence-corrected chi connectivity index (χ1v) is 7.51. The van der Waals surface area contributed by atoms with Crippen LogP contribution in [0.4, 0.5) is 10.5 Å². The fraction of sp³-hybridized carbons (Fsp3) is 0.533. The van der Waals surface area contributed by atoms with Gasteiger partial charge in [-0.25, -0.2) is 4.79 Å². The van der Waals surface area contributed by atoms with Gasteiger partial charge in [-0.15, -0.1) is 0 Å². The number of aromatic nitrogens is 1. The molecule has 1 amide bonds. The standard InChI is InChI=1S/C15H19N3O3S/c1-9-5-10(6-12(14(9)21-2)18-15(19)20)11-3-4-16-7-13(11)17-8-22/h3-4,7,9-10,12,14,18H,5-6H2,1-2H3,(H,19,20)/t9-,10+,12+,14+/m0/s1. The van der Waals surface area contributed by atoms with Crippen LogP contribution in [-0.2, 0) is 4.74 Å². The van der Waals surface area contributed by atoms with E-state index in [-0.39, 0.29) is 24.0 Å². The van der Waals surface area contributed by atoms with Gasteiger partial charge in [0.05, 0.1) is 29.2 Å². The van der Waals surface area contributed by atoms with Crippen LogP contribution in [0, 0.1) is 5.92 Å². The Morgan fingerprint density at radius 3 is 3.00 bits per heavy atom. The van der Waals surface area contributed by atoms with E-state index in [1.54, 1.807) is 19.5 Å². The summed E-state index contributed by atoms with van der Waals surface area (Å²) in [6, 6.07) is 1.65. The quantitative estimate of drug-likeness (QED) is 0.658. The minimum atomic E-state index is -1.04. The van der Waals surface area contributed by atoms with Crippen LogP contribution in [0.25, 0.3) is 0 Å². The van der Waals surface area contributed by atoms with Crippen molar-refractivity contribution in [2.24, 2.45) is 10.9 Å². The molecule has 0 bridgehead atoms. The highest BCUT2D eigenvalue weighted by Gasteiger charge is 2.37. The van der Waals surface area contributed by atoms with Crippen molar-refractivity contribution < 1.29 is 14.6 Å². The number of carbonyl (C=O) groups is 1. The molecule has 0 saturated heterocycles. The second-order valence-corrected chi connectivity index (χ2v) is 5.72. The number of nitrogens with one attached hydrogen (secondary N) is 1. The molecule has 22 heavy (non-hydrogen) atoms. The predicted molar refractivity (Wildman–Crippen MR) is 85.8 cm³/mol. The minimum absolute atomic E-state index is 0.133. The number of thiocarbonyl (C=S) groups is 1. The summed E-state index contributed by atoms with van der Waals surface area (Å²) in [7, 11) is 1.62. The third-order valence-corrected chi connectivity index (χ3v) is 4.26. The van der Waals surface area contributed by atoms with Crippen LogP contribution in [0.3, 0.4) is 0 Å². The monoisotopic (exact) mass is 321 g/mol. The molecule has 2 N–H and O–H groups in total. The third kappa shape index (κ3) is 3.68. The summed E-state index contributed by atoms with van der Waals surface area (Å²) in [4.78, 5) is 19.2. The number of hydrogen-bond donors (Lipinski definition) is 2. The average Bonchev–Trinajstić information content (AvgIpc) is 2.47. The van der Waals surface area contributed by atoms with Gasteiger partial charge in [0, 0.05) is 13.3 Å². The van der Waals surface area contributed by atoms with Crippen molar-refractivity contribution in [3.05, 3.63) is 24.0 Å². The first-order valence-electron chi connectivity index (χ1n) is 7.10. The number of nitrogens with zero attached hydrogens (tertiary/aromatic N) is 2. The maximum atomic E-state index is 11.0. The molecule has 0 aromatic carbocycles. The fourth-order valence-corrected chi connectivity index (χ4v) is 3.45. The Bertz CT molecular complexity index is 589. The van der Waals surface area contributed by atoms with Gasteiger partial charge in [-0.05, 0) is 48.5 Å². The van der Waals surface area contributed by atoms with E-state index in [1.165, 1.54) is 0 Å². The summed E-state index contributed by atoms with van der Waals surface area (Å²) in [6.45, 7) is 2.07. The highest BCUT2D eigenvalue weighted by atomic mass is 32.1. The van der Waals surface area contributed by atoms with Gasteiger partial charge >= 0.3 is 6.09 Å². The molecule has 0 spiro atoms. The van der Waals surface area contributed by atoms with Crippen LogP contribution >= 0.6 is 12.2 Å². The van der Waals surface area contributed by atoms with Crippen molar-refractivity contribution >= 4 is 29.2 Å². The van der Waals surface area contributed by atoms with Crippen LogP contribution < -0.4 is 5.32 Å². The van der Waals surface area contributed by atoms with E-state index in [0.29, 0.717) is 12.1 Å². The van der Waals surface area contributed by atoms with Crippen molar-refractivity contribution in [2.75, 3.05) is 7.11 Å². The van der Waals surface area contributed by atoms with Gasteiger partial charge in [0.2, 0.25) is 0 Å². The smallest absolute Gasteiger partial charge is 0.404 e. The molecule has 4 atom stereocenters. The SMILES string of the molecule is CO[C@@H]1[C@@H](C)C[C@@H](c2ccncc2N=C=S)C[C@H]1NC(=O)O. The van der Waals surface area contributed by atoms with Crippen LogP contribution in [0.5, 0.6) is 0 Å².